The average Bonchev–Trinajstić information content (AvgIpc) is 3.23. The lowest BCUT2D eigenvalue weighted by molar-refractivity contribution is -0.137. The topological polar surface area (TPSA) is 43.9 Å². The first kappa shape index (κ1) is 24.6. The quantitative estimate of drug-likeness (QED) is 0.360. The maximum absolute atomic E-state index is 15.5. The van der Waals surface area contributed by atoms with E-state index in [9.17, 15) is 18.0 Å². The summed E-state index contributed by atoms with van der Waals surface area (Å²) in [6.45, 7) is 1.81. The van der Waals surface area contributed by atoms with Crippen molar-refractivity contribution in [3.05, 3.63) is 96.1 Å². The van der Waals surface area contributed by atoms with Crippen molar-refractivity contribution in [3.8, 4) is 0 Å². The van der Waals surface area contributed by atoms with Crippen molar-refractivity contribution in [2.75, 3.05) is 35.5 Å². The van der Waals surface area contributed by atoms with Crippen molar-refractivity contribution >= 4 is 24.6 Å². The third kappa shape index (κ3) is 4.56. The van der Waals surface area contributed by atoms with Crippen molar-refractivity contribution in [3.63, 3.8) is 0 Å². The minimum Gasteiger partial charge on any atom is -0.304 e. The number of hydrogen-bond acceptors (Lipinski definition) is 3. The van der Waals surface area contributed by atoms with E-state index in [0.717, 1.165) is 23.5 Å². The van der Waals surface area contributed by atoms with Crippen LogP contribution in [0.15, 0.2) is 84.9 Å². The van der Waals surface area contributed by atoms with Crippen LogP contribution in [0.1, 0.15) is 29.8 Å². The lowest BCUT2D eigenvalue weighted by Crippen LogP contribution is -2.40. The molecule has 2 saturated heterocycles. The number of carbonyl (C=O) groups excluding carboxylic acids is 1. The molecule has 0 N–H and O–H groups in total. The highest BCUT2D eigenvalue weighted by atomic mass is 31.2. The molecule has 188 valence electrons. The molecule has 0 radical (unpaired) electrons. The normalized spacial score (nSPS) is 19.5. The van der Waals surface area contributed by atoms with E-state index < -0.39 is 25.0 Å². The summed E-state index contributed by atoms with van der Waals surface area (Å²) in [4.78, 5) is 14.1. The van der Waals surface area contributed by atoms with Gasteiger partial charge in [-0.2, -0.15) is 13.2 Å². The molecule has 1 unspecified atom stereocenters. The summed E-state index contributed by atoms with van der Waals surface area (Å²) < 4.78 is 59.4. The third-order valence-electron chi connectivity index (χ3n) is 6.88. The number of alkyl halides is 3. The van der Waals surface area contributed by atoms with Crippen LogP contribution in [0.5, 0.6) is 0 Å². The summed E-state index contributed by atoms with van der Waals surface area (Å²) in [7, 11) is -3.51. The molecule has 0 amide bonds. The van der Waals surface area contributed by atoms with E-state index in [4.69, 9.17) is 0 Å². The van der Waals surface area contributed by atoms with Gasteiger partial charge in [0.1, 0.15) is 11.6 Å². The van der Waals surface area contributed by atoms with Crippen LogP contribution in [0.4, 0.5) is 24.5 Å². The molecule has 3 aromatic rings. The smallest absolute Gasteiger partial charge is 0.304 e. The fraction of sp³-hybridized carbons (Fsp3) is 0.296. The highest BCUT2D eigenvalue weighted by Crippen LogP contribution is 2.70. The minimum absolute atomic E-state index is 0.141. The number of piperidine rings is 1. The Morgan fingerprint density at radius 3 is 1.61 bits per heavy atom. The van der Waals surface area contributed by atoms with Gasteiger partial charge in [0.2, 0.25) is 0 Å². The highest BCUT2D eigenvalue weighted by Gasteiger charge is 2.52. The third-order valence-corrected chi connectivity index (χ3v) is 10.4. The number of carbonyl (C=O) groups is 1. The molecule has 1 atom stereocenters. The maximum atomic E-state index is 15.5. The van der Waals surface area contributed by atoms with Gasteiger partial charge in [0.15, 0.2) is 0 Å². The first-order valence-corrected chi connectivity index (χ1v) is 13.7. The second-order valence-electron chi connectivity index (χ2n) is 9.07. The van der Waals surface area contributed by atoms with Gasteiger partial charge in [-0.15, -0.1) is 0 Å². The van der Waals surface area contributed by atoms with E-state index in [-0.39, 0.29) is 5.78 Å². The van der Waals surface area contributed by atoms with Gasteiger partial charge >= 0.3 is 6.18 Å². The van der Waals surface area contributed by atoms with Crippen LogP contribution in [0.3, 0.4) is 0 Å². The van der Waals surface area contributed by atoms with Crippen molar-refractivity contribution in [2.45, 2.75) is 24.8 Å². The van der Waals surface area contributed by atoms with Gasteiger partial charge < -0.3 is 9.34 Å². The molecule has 5 nitrogen and oxygen atoms in total. The molecule has 0 aromatic heterocycles. The van der Waals surface area contributed by atoms with Crippen molar-refractivity contribution in [2.24, 2.45) is 0 Å². The molecule has 2 fully saturated rings. The predicted octanol–water partition coefficient (Wildman–Crippen LogP) is 6.59. The Kier molecular flexibility index (Phi) is 6.66. The van der Waals surface area contributed by atoms with Gasteiger partial charge in [-0.05, 0) is 42.0 Å². The monoisotopic (exact) mass is 513 g/mol. The molecule has 3 aromatic carbocycles. The van der Waals surface area contributed by atoms with Crippen molar-refractivity contribution < 1.29 is 22.5 Å². The molecule has 0 aliphatic carbocycles. The highest BCUT2D eigenvalue weighted by molar-refractivity contribution is 7.67. The Labute approximate surface area is 208 Å². The molecule has 0 bridgehead atoms. The largest absolute Gasteiger partial charge is 0.416 e. The Bertz CT molecular complexity index is 1190. The van der Waals surface area contributed by atoms with Crippen LogP contribution in [-0.2, 0) is 15.5 Å². The number of anilines is 2. The Hall–Kier alpha value is -3.09. The fourth-order valence-corrected chi connectivity index (χ4v) is 8.83. The van der Waals surface area contributed by atoms with Crippen LogP contribution in [0.2, 0.25) is 0 Å². The van der Waals surface area contributed by atoms with Gasteiger partial charge in [0.25, 0.3) is 7.44 Å². The van der Waals surface area contributed by atoms with Crippen LogP contribution in [0, 0.1) is 0 Å². The Balaban J connectivity index is 1.67. The molecule has 0 saturated carbocycles. The SMILES string of the molecule is O=C1CCN(C(c2ccc(C(F)(F)F)cc2)P2(=O)N(c3ccccc3)CCN2c2ccccc2)CC1. The van der Waals surface area contributed by atoms with Gasteiger partial charge in [0.05, 0.1) is 5.56 Å². The second kappa shape index (κ2) is 9.75. The summed E-state index contributed by atoms with van der Waals surface area (Å²) in [6, 6.07) is 23.9. The number of rotatable bonds is 5. The molecule has 0 spiro atoms. The molecule has 2 heterocycles. The number of hydrogen-bond donors (Lipinski definition) is 0. The number of nitrogens with zero attached hydrogens (tertiary/aromatic N) is 3. The number of ketones is 1. The molecule has 5 rings (SSSR count). The van der Waals surface area contributed by atoms with Gasteiger partial charge in [-0.25, -0.2) is 0 Å². The first-order chi connectivity index (χ1) is 17.3. The van der Waals surface area contributed by atoms with Gasteiger partial charge in [-0.1, -0.05) is 48.5 Å². The summed E-state index contributed by atoms with van der Waals surface area (Å²) in [5, 5.41) is 0. The average molecular weight is 514 g/mol. The lowest BCUT2D eigenvalue weighted by Gasteiger charge is -2.44. The Morgan fingerprint density at radius 2 is 1.17 bits per heavy atom. The molecule has 9 heteroatoms. The van der Waals surface area contributed by atoms with Crippen LogP contribution >= 0.6 is 7.44 Å². The van der Waals surface area contributed by atoms with Crippen LogP contribution in [-0.4, -0.2) is 36.9 Å². The lowest BCUT2D eigenvalue weighted by atomic mass is 10.1. The maximum Gasteiger partial charge on any atom is 0.416 e. The number of halogens is 3. The van der Waals surface area contributed by atoms with E-state index >= 15 is 4.57 Å². The Morgan fingerprint density at radius 1 is 0.694 bits per heavy atom. The fourth-order valence-electron chi connectivity index (χ4n) is 5.14. The number of benzene rings is 3. The number of Topliss-reactive ketones (excluding diaryl/α,β-unsaturated/α-hetero) is 1. The molecular weight excluding hydrogens is 486 g/mol. The number of likely N-dealkylation sites (tertiary alicyclic amines) is 1. The van der Waals surface area contributed by atoms with Crippen LogP contribution < -0.4 is 9.34 Å². The number of para-hydroxylation sites is 2. The van der Waals surface area contributed by atoms with Gasteiger partial charge in [-0.3, -0.25) is 14.3 Å². The molecular formula is C27H27F3N3O2P. The van der Waals surface area contributed by atoms with E-state index in [1.54, 1.807) is 0 Å². The zero-order chi connectivity index (χ0) is 25.3. The van der Waals surface area contributed by atoms with Crippen LogP contribution in [0.25, 0.3) is 0 Å². The summed E-state index contributed by atoms with van der Waals surface area (Å²) in [6.07, 6.45) is -3.81. The molecule has 2 aliphatic rings. The van der Waals surface area contributed by atoms with E-state index in [1.165, 1.54) is 12.1 Å². The van der Waals surface area contributed by atoms with E-state index in [0.29, 0.717) is 44.6 Å². The second-order valence-corrected chi connectivity index (χ2v) is 11.7. The van der Waals surface area contributed by atoms with E-state index in [2.05, 4.69) is 0 Å². The zero-order valence-corrected chi connectivity index (χ0v) is 20.5. The molecule has 36 heavy (non-hydrogen) atoms. The van der Waals surface area contributed by atoms with Crippen molar-refractivity contribution in [1.82, 2.24) is 4.90 Å². The van der Waals surface area contributed by atoms with Crippen molar-refractivity contribution in [1.29, 1.82) is 0 Å². The van der Waals surface area contributed by atoms with E-state index in [1.807, 2.05) is 74.9 Å². The zero-order valence-electron chi connectivity index (χ0n) is 19.6. The summed E-state index contributed by atoms with van der Waals surface area (Å²) in [5.74, 6) is -0.572. The summed E-state index contributed by atoms with van der Waals surface area (Å²) in [5.41, 5.74) is 1.39. The van der Waals surface area contributed by atoms with Gasteiger partial charge in [0, 0.05) is 50.4 Å². The first-order valence-electron chi connectivity index (χ1n) is 12.0. The summed E-state index contributed by atoms with van der Waals surface area (Å²) >= 11 is 0. The molecule has 2 aliphatic heterocycles. The predicted molar refractivity (Wildman–Crippen MR) is 135 cm³/mol. The standard InChI is InChI=1S/C27H27F3N3O2P/c28-27(29,30)22-13-11-21(12-14-22)26(31-17-15-25(34)16-18-31)36(35)32(23-7-3-1-4-8-23)19-20-33(36)24-9-5-2-6-10-24/h1-14,26H,15-20H2. The minimum atomic E-state index is -4.46.